The van der Waals surface area contributed by atoms with Gasteiger partial charge in [-0.2, -0.15) is 0 Å². The number of fused-ring (bicyclic) bond motifs is 1. The van der Waals surface area contributed by atoms with Gasteiger partial charge in [-0.3, -0.25) is 9.59 Å². The summed E-state index contributed by atoms with van der Waals surface area (Å²) in [5.74, 6) is -1.19. The van der Waals surface area contributed by atoms with Gasteiger partial charge in [0, 0.05) is 12.3 Å². The van der Waals surface area contributed by atoms with Crippen molar-refractivity contribution in [3.8, 4) is 0 Å². The van der Waals surface area contributed by atoms with E-state index >= 15 is 0 Å². The van der Waals surface area contributed by atoms with E-state index in [1.807, 2.05) is 26.0 Å². The Bertz CT molecular complexity index is 1180. The zero-order valence-corrected chi connectivity index (χ0v) is 23.7. The highest BCUT2D eigenvalue weighted by molar-refractivity contribution is 5.88. The monoisotopic (exact) mass is 540 g/mol. The second kappa shape index (κ2) is 13.5. The summed E-state index contributed by atoms with van der Waals surface area (Å²) in [7, 11) is 0. The van der Waals surface area contributed by atoms with Gasteiger partial charge in [-0.25, -0.2) is 4.98 Å². The number of hydrogen-bond donors (Lipinski definition) is 3. The predicted octanol–water partition coefficient (Wildman–Crippen LogP) is 5.32. The van der Waals surface area contributed by atoms with Gasteiger partial charge in [0.05, 0.1) is 30.6 Å². The average molecular weight is 541 g/mol. The van der Waals surface area contributed by atoms with Crippen LogP contribution in [0.2, 0.25) is 0 Å². The smallest absolute Gasteiger partial charge is 0.309 e. The van der Waals surface area contributed by atoms with E-state index in [1.54, 1.807) is 26.0 Å². The molecule has 0 aliphatic carbocycles. The summed E-state index contributed by atoms with van der Waals surface area (Å²) in [5, 5.41) is 22.3. The van der Waals surface area contributed by atoms with Gasteiger partial charge in [0.1, 0.15) is 17.4 Å². The van der Waals surface area contributed by atoms with Crippen molar-refractivity contribution in [2.24, 2.45) is 23.0 Å². The van der Waals surface area contributed by atoms with Crippen molar-refractivity contribution < 1.29 is 29.0 Å². The van der Waals surface area contributed by atoms with Crippen LogP contribution < -0.4 is 5.73 Å². The number of cyclic esters (lactones) is 1. The first-order valence-corrected chi connectivity index (χ1v) is 13.9. The number of aromatic nitrogens is 1. The van der Waals surface area contributed by atoms with Gasteiger partial charge < -0.3 is 25.1 Å². The van der Waals surface area contributed by atoms with Gasteiger partial charge in [0.15, 0.2) is 5.58 Å². The lowest BCUT2D eigenvalue weighted by Gasteiger charge is -2.36. The second-order valence-corrected chi connectivity index (χ2v) is 11.4. The van der Waals surface area contributed by atoms with Crippen molar-refractivity contribution in [1.82, 2.24) is 4.98 Å². The van der Waals surface area contributed by atoms with Crippen LogP contribution >= 0.6 is 0 Å². The molecule has 2 heterocycles. The molecule has 0 bridgehead atoms. The van der Waals surface area contributed by atoms with Crippen LogP contribution in [0.3, 0.4) is 0 Å². The first kappa shape index (κ1) is 30.7. The summed E-state index contributed by atoms with van der Waals surface area (Å²) in [4.78, 5) is 31.2. The van der Waals surface area contributed by atoms with Gasteiger partial charge >= 0.3 is 5.97 Å². The lowest BCUT2D eigenvalue weighted by atomic mass is 9.71. The van der Waals surface area contributed by atoms with Crippen LogP contribution in [0, 0.1) is 17.3 Å². The fourth-order valence-corrected chi connectivity index (χ4v) is 5.23. The van der Waals surface area contributed by atoms with Crippen molar-refractivity contribution in [3.63, 3.8) is 0 Å². The molecule has 0 radical (unpaired) electrons. The molecule has 2 aromatic rings. The highest BCUT2D eigenvalue weighted by Gasteiger charge is 2.43. The van der Waals surface area contributed by atoms with Gasteiger partial charge in [-0.05, 0) is 62.6 Å². The van der Waals surface area contributed by atoms with Crippen LogP contribution in [0.15, 0.2) is 46.9 Å². The number of carbonyl (C=O) groups excluding carboxylic acids is 2. The number of aliphatic hydroxyl groups is 2. The van der Waals surface area contributed by atoms with Crippen molar-refractivity contribution in [2.45, 2.75) is 97.5 Å². The average Bonchev–Trinajstić information content (AvgIpc) is 3.32. The summed E-state index contributed by atoms with van der Waals surface area (Å²) in [5.41, 5.74) is 7.54. The Balaban J connectivity index is 1.93. The maximum atomic E-state index is 13.7. The molecule has 0 spiro atoms. The van der Waals surface area contributed by atoms with Crippen molar-refractivity contribution >= 4 is 22.9 Å². The zero-order valence-electron chi connectivity index (χ0n) is 23.7. The molecule has 39 heavy (non-hydrogen) atoms. The summed E-state index contributed by atoms with van der Waals surface area (Å²) >= 11 is 0. The Morgan fingerprint density at radius 2 is 2.00 bits per heavy atom. The molecule has 0 unspecified atom stereocenters. The Labute approximate surface area is 231 Å². The van der Waals surface area contributed by atoms with Crippen LogP contribution in [0.5, 0.6) is 0 Å². The molecule has 0 fully saturated rings. The number of carbonyl (C=O) groups is 2. The van der Waals surface area contributed by atoms with Gasteiger partial charge in [-0.1, -0.05) is 44.6 Å². The molecular weight excluding hydrogens is 496 g/mol. The van der Waals surface area contributed by atoms with E-state index in [-0.39, 0.29) is 24.7 Å². The molecule has 4 N–H and O–H groups in total. The number of ketones is 1. The van der Waals surface area contributed by atoms with E-state index in [0.29, 0.717) is 36.3 Å². The number of benzene rings is 1. The van der Waals surface area contributed by atoms with Crippen LogP contribution in [0.4, 0.5) is 0 Å². The largest absolute Gasteiger partial charge is 0.457 e. The highest BCUT2D eigenvalue weighted by atomic mass is 16.5. The van der Waals surface area contributed by atoms with Gasteiger partial charge in [0.2, 0.25) is 5.89 Å². The Hall–Kier alpha value is -2.81. The molecule has 0 saturated carbocycles. The summed E-state index contributed by atoms with van der Waals surface area (Å²) in [6, 6.07) is 5.45. The number of rotatable bonds is 5. The molecule has 8 nitrogen and oxygen atoms in total. The molecule has 0 amide bonds. The molecule has 1 aliphatic rings. The predicted molar refractivity (Wildman–Crippen MR) is 150 cm³/mol. The van der Waals surface area contributed by atoms with Crippen LogP contribution in [-0.4, -0.2) is 39.2 Å². The standard InChI is InChI=1S/C31H44N2O6/c1-6-7-11-22-29(36)20(3)10-8-9-19(2)12-14-24(39-28(35)17-26(34)31(4,5)30(22)37)21-13-15-25-23(16-21)33-27(18-32)38-25/h6,12-13,15-16,20,22,24,26,29,34,36H,1,7-11,14,17-18,32H2,2-5H3/t20-,22+,24-,26-,29-/m0/s1. The quantitative estimate of drug-likeness (QED) is 0.343. The number of oxazole rings is 1. The first-order valence-electron chi connectivity index (χ1n) is 13.9. The third-order valence-electron chi connectivity index (χ3n) is 8.03. The summed E-state index contributed by atoms with van der Waals surface area (Å²) in [6.45, 7) is 11.2. The number of nitrogens with two attached hydrogens (primary N) is 1. The van der Waals surface area contributed by atoms with Crippen LogP contribution in [0.1, 0.15) is 90.2 Å². The van der Waals surface area contributed by atoms with Gasteiger partial charge in [-0.15, -0.1) is 6.58 Å². The number of esters is 1. The van der Waals surface area contributed by atoms with Crippen molar-refractivity contribution in [3.05, 3.63) is 54.0 Å². The fraction of sp³-hybridized carbons (Fsp3) is 0.581. The van der Waals surface area contributed by atoms with E-state index in [0.717, 1.165) is 30.4 Å². The number of ether oxygens (including phenoxy) is 1. The van der Waals surface area contributed by atoms with E-state index in [1.165, 1.54) is 0 Å². The second-order valence-electron chi connectivity index (χ2n) is 11.4. The summed E-state index contributed by atoms with van der Waals surface area (Å²) < 4.78 is 11.5. The van der Waals surface area contributed by atoms with E-state index in [2.05, 4.69) is 17.6 Å². The van der Waals surface area contributed by atoms with E-state index in [9.17, 15) is 19.8 Å². The van der Waals surface area contributed by atoms with Gasteiger partial charge in [0.25, 0.3) is 0 Å². The lowest BCUT2D eigenvalue weighted by Crippen LogP contribution is -2.46. The molecule has 1 aliphatic heterocycles. The topological polar surface area (TPSA) is 136 Å². The molecule has 1 aromatic heterocycles. The number of nitrogens with zero attached hydrogens (tertiary/aromatic N) is 1. The molecule has 1 aromatic carbocycles. The van der Waals surface area contributed by atoms with Crippen molar-refractivity contribution in [2.75, 3.05) is 0 Å². The minimum atomic E-state index is -1.28. The molecule has 5 atom stereocenters. The fourth-order valence-electron chi connectivity index (χ4n) is 5.23. The number of aliphatic hydroxyl groups excluding tert-OH is 2. The van der Waals surface area contributed by atoms with Crippen LogP contribution in [-0.2, 0) is 20.9 Å². The van der Waals surface area contributed by atoms with Crippen molar-refractivity contribution in [1.29, 1.82) is 0 Å². The Kier molecular flexibility index (Phi) is 10.6. The SMILES string of the molecule is C=CCC[C@H]1C(=O)C(C)(C)[C@@H](O)CC(=O)O[C@H](c2ccc3oc(CN)nc3c2)CC=C(C)CCC[C@H](C)[C@@H]1O. The first-order chi connectivity index (χ1) is 18.5. The zero-order chi connectivity index (χ0) is 28.7. The Morgan fingerprint density at radius 1 is 1.26 bits per heavy atom. The molecule has 214 valence electrons. The molecule has 0 saturated heterocycles. The van der Waals surface area contributed by atoms with E-state index < -0.39 is 35.6 Å². The highest BCUT2D eigenvalue weighted by Crippen LogP contribution is 2.35. The minimum absolute atomic E-state index is 0.0947. The number of hydrogen-bond acceptors (Lipinski definition) is 8. The molecule has 3 rings (SSSR count). The minimum Gasteiger partial charge on any atom is -0.457 e. The molecular formula is C31H44N2O6. The maximum absolute atomic E-state index is 13.7. The van der Waals surface area contributed by atoms with E-state index in [4.69, 9.17) is 14.9 Å². The van der Waals surface area contributed by atoms with Crippen LogP contribution in [0.25, 0.3) is 11.1 Å². The third kappa shape index (κ3) is 7.65. The third-order valence-corrected chi connectivity index (χ3v) is 8.03. The summed E-state index contributed by atoms with van der Waals surface area (Å²) in [6.07, 6.45) is 4.63. The Morgan fingerprint density at radius 3 is 2.69 bits per heavy atom. The number of Topliss-reactive ketones (excluding diaryl/α,β-unsaturated/α-hetero) is 1. The maximum Gasteiger partial charge on any atom is 0.309 e. The lowest BCUT2D eigenvalue weighted by molar-refractivity contribution is -0.156. The normalized spacial score (nSPS) is 27.7. The molecule has 8 heteroatoms. The number of allylic oxidation sites excluding steroid dienone is 2.